The van der Waals surface area contributed by atoms with E-state index in [0.717, 1.165) is 46.3 Å². The van der Waals surface area contributed by atoms with Crippen molar-refractivity contribution in [1.82, 2.24) is 24.6 Å². The number of anilines is 1. The number of hydrogen-bond acceptors (Lipinski definition) is 8. The Kier molecular flexibility index (Phi) is 5.15. The first-order chi connectivity index (χ1) is 15.5. The van der Waals surface area contributed by atoms with Crippen LogP contribution >= 0.6 is 0 Å². The maximum atomic E-state index is 6.03. The van der Waals surface area contributed by atoms with Crippen LogP contribution in [-0.4, -0.2) is 44.9 Å². The molecule has 0 bridgehead atoms. The molecule has 1 saturated carbocycles. The number of fused-ring (bicyclic) bond motifs is 3. The summed E-state index contributed by atoms with van der Waals surface area (Å²) in [7, 11) is 1.63. The summed E-state index contributed by atoms with van der Waals surface area (Å²) >= 11 is 0. The fourth-order valence-corrected chi connectivity index (χ4v) is 3.96. The van der Waals surface area contributed by atoms with Crippen LogP contribution in [0.4, 0.5) is 5.95 Å². The highest BCUT2D eigenvalue weighted by Crippen LogP contribution is 2.36. The molecule has 1 aliphatic heterocycles. The molecule has 0 amide bonds. The van der Waals surface area contributed by atoms with E-state index in [2.05, 4.69) is 26.1 Å². The lowest BCUT2D eigenvalue weighted by molar-refractivity contribution is -0.0570. The van der Waals surface area contributed by atoms with E-state index in [1.165, 1.54) is 6.42 Å². The SMILES string of the molecule is COc1cccc2c1nc(N)n1nc(C3CCC3)nc21.Cc1cncc(C2(N)COC2)c1. The van der Waals surface area contributed by atoms with Crippen molar-refractivity contribution in [1.29, 1.82) is 0 Å². The van der Waals surface area contributed by atoms with Gasteiger partial charge in [-0.25, -0.2) is 9.97 Å². The van der Waals surface area contributed by atoms with Crippen LogP contribution < -0.4 is 16.2 Å². The number of pyridine rings is 1. The van der Waals surface area contributed by atoms with Crippen LogP contribution in [0.15, 0.2) is 36.7 Å². The topological polar surface area (TPSA) is 126 Å². The van der Waals surface area contributed by atoms with Crippen molar-refractivity contribution >= 4 is 22.5 Å². The molecule has 4 heterocycles. The van der Waals surface area contributed by atoms with E-state index in [4.69, 9.17) is 20.9 Å². The molecule has 1 saturated heterocycles. The minimum absolute atomic E-state index is 0.279. The van der Waals surface area contributed by atoms with E-state index in [1.54, 1.807) is 11.6 Å². The Morgan fingerprint density at radius 3 is 2.62 bits per heavy atom. The monoisotopic (exact) mass is 433 g/mol. The zero-order chi connectivity index (χ0) is 22.3. The molecule has 0 radical (unpaired) electrons. The third-order valence-corrected chi connectivity index (χ3v) is 6.17. The summed E-state index contributed by atoms with van der Waals surface area (Å²) in [5.74, 6) is 2.38. The van der Waals surface area contributed by atoms with Crippen LogP contribution in [0.2, 0.25) is 0 Å². The Morgan fingerprint density at radius 2 is 2.00 bits per heavy atom. The summed E-state index contributed by atoms with van der Waals surface area (Å²) in [6.45, 7) is 3.23. The van der Waals surface area contributed by atoms with Gasteiger partial charge in [-0.1, -0.05) is 18.6 Å². The van der Waals surface area contributed by atoms with Gasteiger partial charge in [0.25, 0.3) is 0 Å². The molecule has 0 unspecified atom stereocenters. The zero-order valence-electron chi connectivity index (χ0n) is 18.3. The zero-order valence-corrected chi connectivity index (χ0v) is 18.3. The third-order valence-electron chi connectivity index (χ3n) is 6.17. The Labute approximate surface area is 185 Å². The fourth-order valence-electron chi connectivity index (χ4n) is 3.96. The molecule has 4 N–H and O–H groups in total. The van der Waals surface area contributed by atoms with E-state index in [-0.39, 0.29) is 5.54 Å². The van der Waals surface area contributed by atoms with Gasteiger partial charge in [0.05, 0.1) is 25.9 Å². The molecule has 9 nitrogen and oxygen atoms in total. The number of aryl methyl sites for hydroxylation is 1. The van der Waals surface area contributed by atoms with Crippen LogP contribution in [0.25, 0.3) is 16.6 Å². The molecule has 3 aromatic heterocycles. The summed E-state index contributed by atoms with van der Waals surface area (Å²) in [5, 5.41) is 5.43. The number of rotatable bonds is 3. The number of nitrogens with zero attached hydrogens (tertiary/aromatic N) is 5. The Morgan fingerprint density at radius 1 is 1.19 bits per heavy atom. The first kappa shape index (κ1) is 20.6. The average Bonchev–Trinajstić information content (AvgIpc) is 3.16. The molecule has 2 aliphatic rings. The van der Waals surface area contributed by atoms with Crippen molar-refractivity contribution in [2.75, 3.05) is 26.1 Å². The lowest BCUT2D eigenvalue weighted by Crippen LogP contribution is -2.54. The van der Waals surface area contributed by atoms with Gasteiger partial charge in [0.2, 0.25) is 5.95 Å². The van der Waals surface area contributed by atoms with E-state index in [0.29, 0.717) is 30.8 Å². The molecular formula is C23H27N7O2. The lowest BCUT2D eigenvalue weighted by atomic mass is 9.85. The van der Waals surface area contributed by atoms with Crippen molar-refractivity contribution in [3.8, 4) is 5.75 Å². The smallest absolute Gasteiger partial charge is 0.223 e. The highest BCUT2D eigenvalue weighted by atomic mass is 16.5. The molecule has 32 heavy (non-hydrogen) atoms. The van der Waals surface area contributed by atoms with Gasteiger partial charge in [0.15, 0.2) is 11.5 Å². The molecule has 6 rings (SSSR count). The minimum atomic E-state index is -0.279. The first-order valence-corrected chi connectivity index (χ1v) is 10.8. The summed E-state index contributed by atoms with van der Waals surface area (Å²) in [6.07, 6.45) is 7.21. The van der Waals surface area contributed by atoms with E-state index in [1.807, 2.05) is 37.5 Å². The van der Waals surface area contributed by atoms with Crippen molar-refractivity contribution in [3.63, 3.8) is 0 Å². The highest BCUT2D eigenvalue weighted by molar-refractivity contribution is 5.95. The summed E-state index contributed by atoms with van der Waals surface area (Å²) in [4.78, 5) is 13.2. The molecule has 1 aromatic carbocycles. The molecule has 166 valence electrons. The second kappa shape index (κ2) is 7.99. The Bertz CT molecular complexity index is 1280. The van der Waals surface area contributed by atoms with Gasteiger partial charge in [-0.05, 0) is 43.0 Å². The Hall–Kier alpha value is -3.30. The predicted molar refractivity (Wildman–Crippen MR) is 122 cm³/mol. The second-order valence-corrected chi connectivity index (χ2v) is 8.56. The number of ether oxygens (including phenoxy) is 2. The van der Waals surface area contributed by atoms with Crippen molar-refractivity contribution in [2.24, 2.45) is 5.73 Å². The maximum absolute atomic E-state index is 6.03. The van der Waals surface area contributed by atoms with Gasteiger partial charge in [-0.2, -0.15) is 4.52 Å². The highest BCUT2D eigenvalue weighted by Gasteiger charge is 2.36. The summed E-state index contributed by atoms with van der Waals surface area (Å²) in [6, 6.07) is 7.83. The number of aromatic nitrogens is 5. The molecule has 9 heteroatoms. The molecule has 0 atom stereocenters. The normalized spacial score (nSPS) is 17.3. The van der Waals surface area contributed by atoms with Crippen molar-refractivity contribution in [2.45, 2.75) is 37.6 Å². The van der Waals surface area contributed by atoms with Crippen LogP contribution in [0.5, 0.6) is 5.75 Å². The van der Waals surface area contributed by atoms with Crippen LogP contribution in [0, 0.1) is 6.92 Å². The standard InChI is InChI=1S/C14H15N5O.C9H12N2O/c1-20-10-7-3-6-9-11(10)16-14(15)19-13(9)17-12(18-19)8-4-2-5-8;1-7-2-8(4-11-3-7)9(10)5-12-6-9/h3,6-8H,2,4-5H2,1H3,(H2,15,16);2-4H,5-6,10H2,1H3. The van der Waals surface area contributed by atoms with Gasteiger partial charge in [0.1, 0.15) is 11.3 Å². The second-order valence-electron chi connectivity index (χ2n) is 8.56. The van der Waals surface area contributed by atoms with Crippen molar-refractivity contribution < 1.29 is 9.47 Å². The molecule has 0 spiro atoms. The van der Waals surface area contributed by atoms with Gasteiger partial charge in [0, 0.05) is 23.7 Å². The van der Waals surface area contributed by atoms with Crippen LogP contribution in [0.3, 0.4) is 0 Å². The van der Waals surface area contributed by atoms with E-state index >= 15 is 0 Å². The first-order valence-electron chi connectivity index (χ1n) is 10.8. The molecule has 2 fully saturated rings. The quantitative estimate of drug-likeness (QED) is 0.505. The molecule has 4 aromatic rings. The van der Waals surface area contributed by atoms with E-state index < -0.39 is 0 Å². The summed E-state index contributed by atoms with van der Waals surface area (Å²) < 4.78 is 12.1. The van der Waals surface area contributed by atoms with Gasteiger partial charge in [-0.3, -0.25) is 4.98 Å². The fraction of sp³-hybridized carbons (Fsp3) is 0.391. The third kappa shape index (κ3) is 3.53. The minimum Gasteiger partial charge on any atom is -0.494 e. The van der Waals surface area contributed by atoms with Gasteiger partial charge >= 0.3 is 0 Å². The summed E-state index contributed by atoms with van der Waals surface area (Å²) in [5.41, 5.74) is 15.5. The van der Waals surface area contributed by atoms with Crippen LogP contribution in [-0.2, 0) is 10.3 Å². The number of benzene rings is 1. The number of nitrogens with two attached hydrogens (primary N) is 2. The number of hydrogen-bond donors (Lipinski definition) is 2. The number of methoxy groups -OCH3 is 1. The predicted octanol–water partition coefficient (Wildman–Crippen LogP) is 2.71. The lowest BCUT2D eigenvalue weighted by Gasteiger charge is -2.37. The maximum Gasteiger partial charge on any atom is 0.223 e. The van der Waals surface area contributed by atoms with Crippen molar-refractivity contribution in [3.05, 3.63) is 53.6 Å². The van der Waals surface area contributed by atoms with Crippen LogP contribution in [0.1, 0.15) is 42.1 Å². The molecule has 1 aliphatic carbocycles. The number of para-hydroxylation sites is 1. The van der Waals surface area contributed by atoms with Gasteiger partial charge in [-0.15, -0.1) is 5.10 Å². The number of nitrogen functional groups attached to an aromatic ring is 1. The Balaban J connectivity index is 0.000000154. The van der Waals surface area contributed by atoms with Gasteiger partial charge < -0.3 is 20.9 Å². The average molecular weight is 434 g/mol. The largest absolute Gasteiger partial charge is 0.494 e. The van der Waals surface area contributed by atoms with E-state index in [9.17, 15) is 0 Å². The molecular weight excluding hydrogens is 406 g/mol.